The van der Waals surface area contributed by atoms with E-state index in [0.717, 1.165) is 16.1 Å². The minimum atomic E-state index is -0.917. The zero-order chi connectivity index (χ0) is 18.4. The zero-order valence-electron chi connectivity index (χ0n) is 13.9. The lowest BCUT2D eigenvalue weighted by atomic mass is 10.2. The van der Waals surface area contributed by atoms with E-state index in [1.807, 2.05) is 53.2 Å². The SMILES string of the molecule is C[C@H](OC(=O)/C=C/c1cccs1)C(=O)Nc1nc(-c2ccccc2)cs1. The highest BCUT2D eigenvalue weighted by molar-refractivity contribution is 7.14. The maximum Gasteiger partial charge on any atom is 0.331 e. The van der Waals surface area contributed by atoms with Gasteiger partial charge in [0.25, 0.3) is 5.91 Å². The van der Waals surface area contributed by atoms with Crippen LogP contribution in [0.1, 0.15) is 11.8 Å². The molecule has 1 atom stereocenters. The minimum Gasteiger partial charge on any atom is -0.449 e. The van der Waals surface area contributed by atoms with Gasteiger partial charge in [0, 0.05) is 21.9 Å². The fraction of sp³-hybridized carbons (Fsp3) is 0.105. The standard InChI is InChI=1S/C19H16N2O3S2/c1-13(24-17(22)10-9-15-8-5-11-25-15)18(23)21-19-20-16(12-26-19)14-6-3-2-4-7-14/h2-13H,1H3,(H,20,21,23)/b10-9+/t13-/m0/s1. The van der Waals surface area contributed by atoms with Gasteiger partial charge in [-0.1, -0.05) is 36.4 Å². The highest BCUT2D eigenvalue weighted by atomic mass is 32.1. The largest absolute Gasteiger partial charge is 0.449 e. The van der Waals surface area contributed by atoms with Gasteiger partial charge in [-0.05, 0) is 24.4 Å². The Bertz CT molecular complexity index is 902. The molecule has 3 rings (SSSR count). The summed E-state index contributed by atoms with van der Waals surface area (Å²) in [5.41, 5.74) is 1.76. The van der Waals surface area contributed by atoms with Crippen LogP contribution in [-0.4, -0.2) is 23.0 Å². The van der Waals surface area contributed by atoms with Crippen molar-refractivity contribution in [2.45, 2.75) is 13.0 Å². The molecule has 0 saturated heterocycles. The van der Waals surface area contributed by atoms with Crippen molar-refractivity contribution in [1.29, 1.82) is 0 Å². The van der Waals surface area contributed by atoms with Crippen molar-refractivity contribution in [2.75, 3.05) is 5.32 Å². The molecule has 0 aliphatic heterocycles. The molecule has 0 saturated carbocycles. The first-order valence-corrected chi connectivity index (χ1v) is 9.62. The molecular weight excluding hydrogens is 368 g/mol. The molecule has 2 aromatic heterocycles. The van der Waals surface area contributed by atoms with E-state index in [0.29, 0.717) is 5.13 Å². The van der Waals surface area contributed by atoms with Crippen LogP contribution in [0.3, 0.4) is 0 Å². The minimum absolute atomic E-state index is 0.420. The lowest BCUT2D eigenvalue weighted by Gasteiger charge is -2.10. The third kappa shape index (κ3) is 4.87. The summed E-state index contributed by atoms with van der Waals surface area (Å²) in [6.45, 7) is 1.53. The number of thiophene rings is 1. The van der Waals surface area contributed by atoms with Gasteiger partial charge in [0.15, 0.2) is 11.2 Å². The topological polar surface area (TPSA) is 68.3 Å². The number of aromatic nitrogens is 1. The van der Waals surface area contributed by atoms with E-state index in [4.69, 9.17) is 4.74 Å². The van der Waals surface area contributed by atoms with Gasteiger partial charge in [-0.3, -0.25) is 10.1 Å². The van der Waals surface area contributed by atoms with Crippen LogP contribution in [-0.2, 0) is 14.3 Å². The van der Waals surface area contributed by atoms with Crippen molar-refractivity contribution in [1.82, 2.24) is 4.98 Å². The fourth-order valence-electron chi connectivity index (χ4n) is 2.08. The Balaban J connectivity index is 1.54. The Morgan fingerprint density at radius 1 is 1.15 bits per heavy atom. The Hall–Kier alpha value is -2.77. The lowest BCUT2D eigenvalue weighted by molar-refractivity contribution is -0.148. The summed E-state index contributed by atoms with van der Waals surface area (Å²) in [7, 11) is 0. The fourth-order valence-corrected chi connectivity index (χ4v) is 3.42. The number of thiazole rings is 1. The van der Waals surface area contributed by atoms with Crippen LogP contribution in [0.25, 0.3) is 17.3 Å². The number of anilines is 1. The summed E-state index contributed by atoms with van der Waals surface area (Å²) >= 11 is 2.83. The average Bonchev–Trinajstić information content (AvgIpc) is 3.32. The quantitative estimate of drug-likeness (QED) is 0.503. The molecular formula is C19H16N2O3S2. The Morgan fingerprint density at radius 3 is 2.69 bits per heavy atom. The number of ether oxygens (including phenoxy) is 1. The zero-order valence-corrected chi connectivity index (χ0v) is 15.5. The monoisotopic (exact) mass is 384 g/mol. The number of hydrogen-bond donors (Lipinski definition) is 1. The van der Waals surface area contributed by atoms with E-state index in [1.165, 1.54) is 35.7 Å². The van der Waals surface area contributed by atoms with Crippen molar-refractivity contribution in [3.63, 3.8) is 0 Å². The first-order chi connectivity index (χ1) is 12.6. The number of rotatable bonds is 6. The second kappa shape index (κ2) is 8.55. The highest BCUT2D eigenvalue weighted by Gasteiger charge is 2.18. The van der Waals surface area contributed by atoms with E-state index >= 15 is 0 Å². The molecule has 0 fully saturated rings. The molecule has 3 aromatic rings. The maximum absolute atomic E-state index is 12.2. The number of benzene rings is 1. The summed E-state index contributed by atoms with van der Waals surface area (Å²) in [6, 6.07) is 13.5. The van der Waals surface area contributed by atoms with Crippen LogP contribution in [0, 0.1) is 0 Å². The van der Waals surface area contributed by atoms with E-state index in [1.54, 1.807) is 6.08 Å². The normalized spacial score (nSPS) is 12.0. The molecule has 1 N–H and O–H groups in total. The first-order valence-electron chi connectivity index (χ1n) is 7.86. The molecule has 132 valence electrons. The highest BCUT2D eigenvalue weighted by Crippen LogP contribution is 2.24. The summed E-state index contributed by atoms with van der Waals surface area (Å²) < 4.78 is 5.12. The predicted molar refractivity (Wildman–Crippen MR) is 105 cm³/mol. The summed E-state index contributed by atoms with van der Waals surface area (Å²) in [5, 5.41) is 6.92. The summed E-state index contributed by atoms with van der Waals surface area (Å²) in [5.74, 6) is -0.984. The smallest absolute Gasteiger partial charge is 0.331 e. The average molecular weight is 384 g/mol. The number of hydrogen-bond acceptors (Lipinski definition) is 6. The molecule has 0 bridgehead atoms. The molecule has 26 heavy (non-hydrogen) atoms. The third-order valence-corrected chi connectivity index (χ3v) is 4.99. The number of carbonyl (C=O) groups is 2. The Kier molecular flexibility index (Phi) is 5.93. The van der Waals surface area contributed by atoms with Crippen LogP contribution in [0.4, 0.5) is 5.13 Å². The summed E-state index contributed by atoms with van der Waals surface area (Å²) in [6.07, 6.45) is 2.05. The number of carbonyl (C=O) groups excluding carboxylic acids is 2. The third-order valence-electron chi connectivity index (χ3n) is 3.39. The van der Waals surface area contributed by atoms with E-state index in [9.17, 15) is 9.59 Å². The molecule has 0 radical (unpaired) electrons. The van der Waals surface area contributed by atoms with Gasteiger partial charge in [-0.2, -0.15) is 0 Å². The van der Waals surface area contributed by atoms with Crippen molar-refractivity contribution in [3.8, 4) is 11.3 Å². The van der Waals surface area contributed by atoms with Gasteiger partial charge in [0.05, 0.1) is 5.69 Å². The molecule has 0 spiro atoms. The molecule has 7 heteroatoms. The van der Waals surface area contributed by atoms with Gasteiger partial charge in [-0.15, -0.1) is 22.7 Å². The van der Waals surface area contributed by atoms with Gasteiger partial charge in [0.1, 0.15) is 0 Å². The molecule has 0 aliphatic carbocycles. The van der Waals surface area contributed by atoms with Crippen LogP contribution >= 0.6 is 22.7 Å². The number of nitrogens with one attached hydrogen (secondary N) is 1. The summed E-state index contributed by atoms with van der Waals surface area (Å²) in [4.78, 5) is 29.3. The van der Waals surface area contributed by atoms with Crippen molar-refractivity contribution < 1.29 is 14.3 Å². The molecule has 1 amide bonds. The Morgan fingerprint density at radius 2 is 1.96 bits per heavy atom. The van der Waals surface area contributed by atoms with Crippen molar-refractivity contribution >= 4 is 45.8 Å². The molecule has 0 unspecified atom stereocenters. The van der Waals surface area contributed by atoms with Gasteiger partial charge in [-0.25, -0.2) is 9.78 Å². The van der Waals surface area contributed by atoms with Crippen LogP contribution in [0.15, 0.2) is 59.3 Å². The van der Waals surface area contributed by atoms with Crippen molar-refractivity contribution in [2.24, 2.45) is 0 Å². The van der Waals surface area contributed by atoms with Crippen LogP contribution in [0.5, 0.6) is 0 Å². The lowest BCUT2D eigenvalue weighted by Crippen LogP contribution is -2.29. The molecule has 1 aromatic carbocycles. The van der Waals surface area contributed by atoms with Gasteiger partial charge >= 0.3 is 5.97 Å². The van der Waals surface area contributed by atoms with E-state index < -0.39 is 18.0 Å². The van der Waals surface area contributed by atoms with Gasteiger partial charge in [0.2, 0.25) is 0 Å². The maximum atomic E-state index is 12.2. The second-order valence-electron chi connectivity index (χ2n) is 5.32. The second-order valence-corrected chi connectivity index (χ2v) is 7.16. The predicted octanol–water partition coefficient (Wildman–Crippen LogP) is 4.46. The van der Waals surface area contributed by atoms with Crippen LogP contribution in [0.2, 0.25) is 0 Å². The number of nitrogens with zero attached hydrogens (tertiary/aromatic N) is 1. The molecule has 2 heterocycles. The molecule has 0 aliphatic rings. The van der Waals surface area contributed by atoms with Gasteiger partial charge < -0.3 is 4.74 Å². The van der Waals surface area contributed by atoms with E-state index in [2.05, 4.69) is 10.3 Å². The first kappa shape index (κ1) is 18.0. The molecule has 5 nitrogen and oxygen atoms in total. The Labute approximate surface area is 159 Å². The van der Waals surface area contributed by atoms with Crippen molar-refractivity contribution in [3.05, 3.63) is 64.2 Å². The number of esters is 1. The van der Waals surface area contributed by atoms with E-state index in [-0.39, 0.29) is 0 Å². The van der Waals surface area contributed by atoms with Crippen LogP contribution < -0.4 is 5.32 Å². The number of amides is 1.